The summed E-state index contributed by atoms with van der Waals surface area (Å²) in [4.78, 5) is 0. The van der Waals surface area contributed by atoms with Crippen LogP contribution >= 0.6 is 0 Å². The van der Waals surface area contributed by atoms with E-state index in [1.165, 1.54) is 12.1 Å². The van der Waals surface area contributed by atoms with Gasteiger partial charge in [0.05, 0.1) is 6.61 Å². The van der Waals surface area contributed by atoms with Gasteiger partial charge in [0.2, 0.25) is 12.2 Å². The summed E-state index contributed by atoms with van der Waals surface area (Å²) in [6, 6.07) is 2.73. The molecule has 0 aromatic heterocycles. The fourth-order valence-electron chi connectivity index (χ4n) is 2.46. The van der Waals surface area contributed by atoms with Gasteiger partial charge in [-0.15, -0.1) is 6.58 Å². The Kier molecular flexibility index (Phi) is 5.63. The molecule has 0 N–H and O–H groups in total. The van der Waals surface area contributed by atoms with Crippen molar-refractivity contribution in [1.29, 1.82) is 0 Å². The normalized spacial score (nSPS) is 18.2. The molecule has 1 aromatic rings. The number of alkyl halides is 2. The highest BCUT2D eigenvalue weighted by Crippen LogP contribution is 2.34. The van der Waals surface area contributed by atoms with Crippen LogP contribution in [0, 0.1) is 17.6 Å². The Morgan fingerprint density at radius 2 is 2.05 bits per heavy atom. The molecule has 0 radical (unpaired) electrons. The summed E-state index contributed by atoms with van der Waals surface area (Å²) in [7, 11) is 0. The Morgan fingerprint density at radius 3 is 2.64 bits per heavy atom. The number of hydrogen-bond donors (Lipinski definition) is 0. The zero-order valence-corrected chi connectivity index (χ0v) is 12.1. The molecule has 1 nitrogen and oxygen atoms in total. The minimum atomic E-state index is -2.53. The van der Waals surface area contributed by atoms with E-state index in [2.05, 4.69) is 6.58 Å². The van der Waals surface area contributed by atoms with Crippen LogP contribution in [0.15, 0.2) is 30.9 Å². The van der Waals surface area contributed by atoms with E-state index in [0.29, 0.717) is 12.3 Å². The van der Waals surface area contributed by atoms with Crippen molar-refractivity contribution in [2.45, 2.75) is 32.1 Å². The highest BCUT2D eigenvalue weighted by Gasteiger charge is 2.20. The van der Waals surface area contributed by atoms with Crippen molar-refractivity contribution < 1.29 is 22.3 Å². The molecule has 0 aliphatic heterocycles. The summed E-state index contributed by atoms with van der Waals surface area (Å²) in [6.07, 6.45) is 2.97. The molecule has 0 bridgehead atoms. The number of hydrogen-bond acceptors (Lipinski definition) is 1. The zero-order valence-electron chi connectivity index (χ0n) is 12.1. The molecule has 0 saturated heterocycles. The maximum Gasteiger partial charge on any atom is 0.241 e. The Morgan fingerprint density at radius 1 is 1.27 bits per heavy atom. The predicted molar refractivity (Wildman–Crippen MR) is 78.0 cm³/mol. The lowest BCUT2D eigenvalue weighted by Crippen LogP contribution is -2.07. The highest BCUT2D eigenvalue weighted by molar-refractivity contribution is 5.67. The lowest BCUT2D eigenvalue weighted by Gasteiger charge is -2.20. The molecule has 0 fully saturated rings. The number of ether oxygens (including phenoxy) is 1. The van der Waals surface area contributed by atoms with E-state index in [1.54, 1.807) is 0 Å². The van der Waals surface area contributed by atoms with Crippen molar-refractivity contribution >= 4 is 5.57 Å². The standard InChI is InChI=1S/C17H18F4O/c1-2-11-3-5-12(6-4-11)13-7-8-14(17(21)16(13)20)22-10-9-15(18)19/h2,5,7-8,11,15H,1,3-4,6,9-10H2. The molecule has 0 heterocycles. The van der Waals surface area contributed by atoms with Gasteiger partial charge >= 0.3 is 0 Å². The number of benzene rings is 1. The fraction of sp³-hybridized carbons (Fsp3) is 0.412. The van der Waals surface area contributed by atoms with Gasteiger partial charge in [-0.2, -0.15) is 4.39 Å². The first kappa shape index (κ1) is 16.6. The van der Waals surface area contributed by atoms with Crippen LogP contribution in [-0.2, 0) is 0 Å². The third-order valence-corrected chi connectivity index (χ3v) is 3.77. The minimum Gasteiger partial charge on any atom is -0.490 e. The molecule has 2 rings (SSSR count). The summed E-state index contributed by atoms with van der Waals surface area (Å²) in [5.41, 5.74) is 0.967. The van der Waals surface area contributed by atoms with Crippen LogP contribution in [0.3, 0.4) is 0 Å². The second-order valence-electron chi connectivity index (χ2n) is 5.27. The monoisotopic (exact) mass is 314 g/mol. The van der Waals surface area contributed by atoms with E-state index in [9.17, 15) is 17.6 Å². The molecule has 0 spiro atoms. The van der Waals surface area contributed by atoms with Gasteiger partial charge in [-0.05, 0) is 42.9 Å². The molecule has 22 heavy (non-hydrogen) atoms. The number of rotatable bonds is 6. The highest BCUT2D eigenvalue weighted by atomic mass is 19.3. The molecule has 1 aromatic carbocycles. The van der Waals surface area contributed by atoms with E-state index in [4.69, 9.17) is 4.74 Å². The third-order valence-electron chi connectivity index (χ3n) is 3.77. The summed E-state index contributed by atoms with van der Waals surface area (Å²) < 4.78 is 57.0. The molecule has 0 amide bonds. The van der Waals surface area contributed by atoms with Crippen LogP contribution in [0.5, 0.6) is 5.75 Å². The van der Waals surface area contributed by atoms with Crippen LogP contribution in [0.2, 0.25) is 0 Å². The van der Waals surface area contributed by atoms with Crippen molar-refractivity contribution in [3.05, 3.63) is 48.1 Å². The Hall–Kier alpha value is -1.78. The van der Waals surface area contributed by atoms with Gasteiger partial charge in [-0.1, -0.05) is 12.2 Å². The van der Waals surface area contributed by atoms with Crippen LogP contribution < -0.4 is 4.74 Å². The van der Waals surface area contributed by atoms with E-state index in [0.717, 1.165) is 18.4 Å². The largest absolute Gasteiger partial charge is 0.490 e. The van der Waals surface area contributed by atoms with Gasteiger partial charge in [0, 0.05) is 12.0 Å². The molecule has 0 saturated carbocycles. The summed E-state index contributed by atoms with van der Waals surface area (Å²) >= 11 is 0. The number of halogens is 4. The van der Waals surface area contributed by atoms with E-state index >= 15 is 0 Å². The van der Waals surface area contributed by atoms with Crippen LogP contribution in [0.4, 0.5) is 17.6 Å². The summed E-state index contributed by atoms with van der Waals surface area (Å²) in [6.45, 7) is 3.38. The smallest absolute Gasteiger partial charge is 0.241 e. The van der Waals surface area contributed by atoms with Gasteiger partial charge in [-0.3, -0.25) is 0 Å². The average Bonchev–Trinajstić information content (AvgIpc) is 2.51. The maximum atomic E-state index is 14.1. The first-order valence-corrected chi connectivity index (χ1v) is 7.23. The van der Waals surface area contributed by atoms with Crippen molar-refractivity contribution in [3.63, 3.8) is 0 Å². The maximum absolute atomic E-state index is 14.1. The molecular weight excluding hydrogens is 296 g/mol. The first-order chi connectivity index (χ1) is 10.5. The Labute approximate surface area is 127 Å². The lowest BCUT2D eigenvalue weighted by molar-refractivity contribution is 0.113. The second-order valence-corrected chi connectivity index (χ2v) is 5.27. The lowest BCUT2D eigenvalue weighted by atomic mass is 9.86. The predicted octanol–water partition coefficient (Wildman–Crippen LogP) is 5.37. The van der Waals surface area contributed by atoms with Crippen molar-refractivity contribution in [2.24, 2.45) is 5.92 Å². The third kappa shape index (κ3) is 3.90. The zero-order chi connectivity index (χ0) is 16.1. The average molecular weight is 314 g/mol. The molecule has 1 aliphatic carbocycles. The summed E-state index contributed by atoms with van der Waals surface area (Å²) in [5, 5.41) is 0. The second kappa shape index (κ2) is 7.47. The Balaban J connectivity index is 2.13. The molecule has 1 unspecified atom stereocenters. The van der Waals surface area contributed by atoms with E-state index in [1.807, 2.05) is 12.2 Å². The van der Waals surface area contributed by atoms with Gasteiger partial charge in [0.25, 0.3) is 0 Å². The quantitative estimate of drug-likeness (QED) is 0.507. The van der Waals surface area contributed by atoms with Gasteiger partial charge < -0.3 is 4.74 Å². The van der Waals surface area contributed by atoms with Crippen LogP contribution in [0.25, 0.3) is 5.57 Å². The molecular formula is C17H18F4O. The minimum absolute atomic E-state index is 0.209. The van der Waals surface area contributed by atoms with E-state index < -0.39 is 24.5 Å². The van der Waals surface area contributed by atoms with Gasteiger partial charge in [0.15, 0.2) is 11.6 Å². The van der Waals surface area contributed by atoms with Gasteiger partial charge in [0.1, 0.15) is 0 Å². The van der Waals surface area contributed by atoms with Crippen molar-refractivity contribution in [3.8, 4) is 5.75 Å². The van der Waals surface area contributed by atoms with E-state index in [-0.39, 0.29) is 17.9 Å². The Bertz CT molecular complexity index is 566. The molecule has 1 atom stereocenters. The van der Waals surface area contributed by atoms with Crippen molar-refractivity contribution in [2.75, 3.05) is 6.61 Å². The number of allylic oxidation sites excluding steroid dienone is 3. The van der Waals surface area contributed by atoms with Crippen LogP contribution in [0.1, 0.15) is 31.2 Å². The summed E-state index contributed by atoms with van der Waals surface area (Å²) in [5.74, 6) is -2.08. The first-order valence-electron chi connectivity index (χ1n) is 7.23. The molecule has 1 aliphatic rings. The SMILES string of the molecule is C=CC1CC=C(c2ccc(OCCC(F)F)c(F)c2F)CC1. The molecule has 120 valence electrons. The topological polar surface area (TPSA) is 9.23 Å². The fourth-order valence-corrected chi connectivity index (χ4v) is 2.46. The molecule has 5 heteroatoms. The van der Waals surface area contributed by atoms with Gasteiger partial charge in [-0.25, -0.2) is 13.2 Å². The van der Waals surface area contributed by atoms with Crippen LogP contribution in [-0.4, -0.2) is 13.0 Å². The van der Waals surface area contributed by atoms with Crippen molar-refractivity contribution in [1.82, 2.24) is 0 Å².